The first-order valence-electron chi connectivity index (χ1n) is 11.1. The first kappa shape index (κ1) is 31.3. The van der Waals surface area contributed by atoms with Gasteiger partial charge >= 0.3 is 21.7 Å². The molecule has 0 fully saturated rings. The molecule has 0 aliphatic heterocycles. The van der Waals surface area contributed by atoms with Crippen LogP contribution in [0.4, 0.5) is 4.79 Å². The average Bonchev–Trinajstić information content (AvgIpc) is 2.92. The Kier molecular flexibility index (Phi) is 12.9. The normalized spacial score (nSPS) is 12.6. The van der Waals surface area contributed by atoms with Crippen LogP contribution >= 0.6 is 0 Å². The molecule has 1 N–H and O–H groups in total. The molecule has 0 heterocycles. The summed E-state index contributed by atoms with van der Waals surface area (Å²) in [7, 11) is -3.09. The van der Waals surface area contributed by atoms with Crippen LogP contribution in [-0.2, 0) is 21.7 Å². The number of benzene rings is 2. The zero-order chi connectivity index (χ0) is 24.0. The Morgan fingerprint density at radius 2 is 1.16 bits per heavy atom. The molecule has 6 heteroatoms. The molecule has 2 nitrogen and oxygen atoms in total. The number of hydrogen-bond acceptors (Lipinski definition) is 1. The second kappa shape index (κ2) is 13.2. The third kappa shape index (κ3) is 10.5. The van der Waals surface area contributed by atoms with Crippen LogP contribution in [0, 0.1) is 11.6 Å². The first-order chi connectivity index (χ1) is 14.1. The fraction of sp³-hybridized carbons (Fsp3) is 0.423. The van der Waals surface area contributed by atoms with Crippen molar-refractivity contribution in [1.29, 1.82) is 0 Å². The number of nitrogens with one attached hydrogen (secondary N) is 1. The number of carbonyl (C=O) groups is 1. The van der Waals surface area contributed by atoms with E-state index >= 15 is 0 Å². The van der Waals surface area contributed by atoms with Gasteiger partial charge in [0.25, 0.3) is 0 Å². The van der Waals surface area contributed by atoms with Crippen molar-refractivity contribution in [3.05, 3.63) is 77.0 Å². The Labute approximate surface area is 216 Å². The summed E-state index contributed by atoms with van der Waals surface area (Å²) in [6, 6.07) is 16.5. The largest absolute Gasteiger partial charge is 3.00 e. The maximum absolute atomic E-state index is 11.5. The van der Waals surface area contributed by atoms with E-state index in [-0.39, 0.29) is 27.3 Å². The Morgan fingerprint density at radius 1 is 0.844 bits per heavy atom. The summed E-state index contributed by atoms with van der Waals surface area (Å²) in [5, 5.41) is 0. The molecule has 0 bridgehead atoms. The summed E-state index contributed by atoms with van der Waals surface area (Å²) in [6.07, 6.45) is 0. The second-order valence-electron chi connectivity index (χ2n) is 11.0. The van der Waals surface area contributed by atoms with Crippen LogP contribution in [0.3, 0.4) is 0 Å². The molecule has 0 spiro atoms. The van der Waals surface area contributed by atoms with Crippen LogP contribution in [0.1, 0.15) is 37.4 Å². The molecule has 0 saturated heterocycles. The van der Waals surface area contributed by atoms with E-state index in [9.17, 15) is 4.79 Å². The summed E-state index contributed by atoms with van der Waals surface area (Å²) in [5.74, 6) is 1.42. The van der Waals surface area contributed by atoms with Crippen LogP contribution < -0.4 is 0 Å². The Balaban J connectivity index is 0.000000584. The van der Waals surface area contributed by atoms with E-state index < -0.39 is 30.5 Å². The van der Waals surface area contributed by atoms with Crippen molar-refractivity contribution in [3.8, 4) is 11.1 Å². The average molecular weight is 516 g/mol. The van der Waals surface area contributed by atoms with E-state index in [2.05, 4.69) is 90.0 Å². The molecule has 1 aliphatic rings. The van der Waals surface area contributed by atoms with Gasteiger partial charge in [0.15, 0.2) is 0 Å². The summed E-state index contributed by atoms with van der Waals surface area (Å²) in [6.45, 7) is 22.6. The topological polar surface area (TPSA) is 40.9 Å². The van der Waals surface area contributed by atoms with Crippen LogP contribution in [0.25, 0.3) is 16.9 Å². The number of rotatable bonds is 4. The number of carbonyl (C=O) groups excluding carboxylic acids is 1. The fourth-order valence-electron chi connectivity index (χ4n) is 4.05. The molecule has 0 unspecified atom stereocenters. The van der Waals surface area contributed by atoms with Gasteiger partial charge in [-0.05, 0) is 22.3 Å². The molecule has 1 amide bonds. The van der Waals surface area contributed by atoms with Gasteiger partial charge in [0.05, 0.1) is 0 Å². The van der Waals surface area contributed by atoms with E-state index in [4.69, 9.17) is 5.73 Å². The quantitative estimate of drug-likeness (QED) is 0.296. The standard InChI is InChI=1S/C15H14NOSi.C7H19Si2.C4H9.Ti/c1-18(15(16)17)14-12-8-4-2-6-10(12)11-7-3-5-9-13(11)14;1-8(2,3)7-9(4,5)6;1-4(2)3;/h2-9,14H,1H3,(H2,16,17);7H,1-6H3;1-3H3;/q;2*-1;+3/p-1. The fourth-order valence-corrected chi connectivity index (χ4v) is 16.1. The molecule has 32 heavy (non-hydrogen) atoms. The van der Waals surface area contributed by atoms with E-state index in [1.165, 1.54) is 28.2 Å². The summed E-state index contributed by atoms with van der Waals surface area (Å²) >= 11 is 0. The van der Waals surface area contributed by atoms with E-state index in [0.717, 1.165) is 0 Å². The van der Waals surface area contributed by atoms with Gasteiger partial charge in [-0.2, -0.15) is 20.8 Å². The van der Waals surface area contributed by atoms with Crippen molar-refractivity contribution in [2.45, 2.75) is 72.1 Å². The zero-order valence-electron chi connectivity index (χ0n) is 21.7. The minimum Gasteiger partial charge on any atom is -0.672 e. The summed E-state index contributed by atoms with van der Waals surface area (Å²) < 4.78 is 0. The number of amides is 1. The predicted octanol–water partition coefficient (Wildman–Crippen LogP) is 8.78. The zero-order valence-corrected chi connectivity index (χ0v) is 26.2. The molecule has 3 rings (SSSR count). The smallest absolute Gasteiger partial charge is 0.672 e. The molecule has 1 aliphatic carbocycles. The maximum Gasteiger partial charge on any atom is 3.00 e. The van der Waals surface area contributed by atoms with Crippen molar-refractivity contribution in [2.24, 2.45) is 0 Å². The molecule has 2 radical (unpaired) electrons. The van der Waals surface area contributed by atoms with Crippen molar-refractivity contribution in [1.82, 2.24) is 0 Å². The van der Waals surface area contributed by atoms with Gasteiger partial charge in [0, 0.05) is 11.1 Å². The van der Waals surface area contributed by atoms with Gasteiger partial charge in [0.1, 0.15) is 8.80 Å². The van der Waals surface area contributed by atoms with E-state index in [1.54, 1.807) is 0 Å². The van der Waals surface area contributed by atoms with Crippen LogP contribution in [0.15, 0.2) is 48.5 Å². The summed E-state index contributed by atoms with van der Waals surface area (Å²) in [4.78, 5) is 11.5. The minimum atomic E-state index is -1.38. The van der Waals surface area contributed by atoms with Gasteiger partial charge in [-0.1, -0.05) is 94.4 Å². The first-order valence-corrected chi connectivity index (χ1v) is 20.3. The van der Waals surface area contributed by atoms with Gasteiger partial charge in [-0.3, -0.25) is 0 Å². The Morgan fingerprint density at radius 3 is 1.41 bits per heavy atom. The van der Waals surface area contributed by atoms with Crippen molar-refractivity contribution in [3.63, 3.8) is 0 Å². The van der Waals surface area contributed by atoms with E-state index in [1.807, 2.05) is 30.8 Å². The second-order valence-corrected chi connectivity index (χ2v) is 24.0. The van der Waals surface area contributed by atoms with Crippen molar-refractivity contribution >= 4 is 30.5 Å². The number of fused-ring (bicyclic) bond motifs is 3. The van der Waals surface area contributed by atoms with Crippen LogP contribution in [0.5, 0.6) is 0 Å². The molecule has 2 aromatic carbocycles. The van der Waals surface area contributed by atoms with Gasteiger partial charge in [0.2, 0.25) is 0 Å². The van der Waals surface area contributed by atoms with Crippen LogP contribution in [0.2, 0.25) is 45.8 Å². The van der Waals surface area contributed by atoms with Crippen LogP contribution in [-0.4, -0.2) is 30.5 Å². The number of hydrogen-bond donors (Lipinski definition) is 0. The van der Waals surface area contributed by atoms with Gasteiger partial charge < -0.3 is 22.1 Å². The van der Waals surface area contributed by atoms with Crippen molar-refractivity contribution < 1.29 is 26.5 Å². The Bertz CT molecular complexity index is 796. The third-order valence-electron chi connectivity index (χ3n) is 4.49. The predicted molar refractivity (Wildman–Crippen MR) is 146 cm³/mol. The van der Waals surface area contributed by atoms with Gasteiger partial charge in [-0.15, -0.1) is 16.1 Å². The molecular weight excluding hydrogens is 474 g/mol. The van der Waals surface area contributed by atoms with Crippen molar-refractivity contribution in [2.75, 3.05) is 0 Å². The SMILES string of the molecule is C[C-](C)C.C[Si](C([NH-])=O)C1c2ccccc2-c2ccccc21.C[Si](C)(C)[CH-][Si](C)(C)C.[Ti+3]. The molecule has 0 atom stereocenters. The molecule has 2 aromatic rings. The molecule has 0 saturated carbocycles. The monoisotopic (exact) mass is 515 g/mol. The molecule has 0 aromatic heterocycles. The third-order valence-corrected chi connectivity index (χ3v) is 13.6. The minimum absolute atomic E-state index is 0. The molecule has 172 valence electrons. The molecular formula is C26H41NOSi3Ti. The summed E-state index contributed by atoms with van der Waals surface area (Å²) in [5.41, 5.74) is 14.7. The Hall–Kier alpha value is -0.725. The van der Waals surface area contributed by atoms with Gasteiger partial charge in [-0.25, -0.2) is 0 Å². The maximum atomic E-state index is 11.5. The van der Waals surface area contributed by atoms with E-state index in [0.29, 0.717) is 0 Å².